The van der Waals surface area contributed by atoms with Gasteiger partial charge in [-0.25, -0.2) is 0 Å². The van der Waals surface area contributed by atoms with Crippen LogP contribution in [0.1, 0.15) is 11.6 Å². The maximum Gasteiger partial charge on any atom is 0.236 e. The molecule has 3 N–H and O–H groups in total. The Labute approximate surface area is 70.6 Å². The molecule has 62 valence electrons. The van der Waals surface area contributed by atoms with E-state index in [2.05, 4.69) is 5.32 Å². The van der Waals surface area contributed by atoms with Crippen LogP contribution in [0.15, 0.2) is 30.3 Å². The minimum Gasteiger partial charge on any atom is -0.368 e. The van der Waals surface area contributed by atoms with Crippen molar-refractivity contribution in [2.75, 3.05) is 0 Å². The van der Waals surface area contributed by atoms with E-state index in [1.165, 1.54) is 0 Å². The largest absolute Gasteiger partial charge is 0.368 e. The molecule has 3 nitrogen and oxygen atoms in total. The zero-order valence-corrected chi connectivity index (χ0v) is 6.53. The number of hydrogen-bond acceptors (Lipinski definition) is 2. The molecule has 1 aromatic carbocycles. The summed E-state index contributed by atoms with van der Waals surface area (Å²) in [7, 11) is 0. The molecule has 0 aromatic heterocycles. The first-order valence-corrected chi connectivity index (χ1v) is 3.89. The lowest BCUT2D eigenvalue weighted by Gasteiger charge is -1.93. The lowest BCUT2D eigenvalue weighted by Crippen LogP contribution is -2.19. The summed E-state index contributed by atoms with van der Waals surface area (Å²) in [6.07, 6.45) is 0. The zero-order valence-electron chi connectivity index (χ0n) is 6.53. The minimum absolute atomic E-state index is 0.142. The molecule has 0 unspecified atom stereocenters. The molecular weight excluding hydrogens is 152 g/mol. The second-order valence-electron chi connectivity index (χ2n) is 2.94. The third-order valence-electron chi connectivity index (χ3n) is 2.05. The van der Waals surface area contributed by atoms with Gasteiger partial charge in [0.1, 0.15) is 6.04 Å². The predicted molar refractivity (Wildman–Crippen MR) is 45.3 cm³/mol. The van der Waals surface area contributed by atoms with Crippen LogP contribution in [0.4, 0.5) is 0 Å². The SMILES string of the molecule is NC(=O)[C@H]1N[C@@H]1c1ccccc1. The Morgan fingerprint density at radius 3 is 2.50 bits per heavy atom. The Bertz CT molecular complexity index is 297. The molecule has 1 aliphatic heterocycles. The minimum atomic E-state index is -0.274. The summed E-state index contributed by atoms with van der Waals surface area (Å²) in [5, 5.41) is 3.01. The summed E-state index contributed by atoms with van der Waals surface area (Å²) < 4.78 is 0. The van der Waals surface area contributed by atoms with Gasteiger partial charge in [0, 0.05) is 0 Å². The fourth-order valence-electron chi connectivity index (χ4n) is 1.33. The van der Waals surface area contributed by atoms with E-state index in [-0.39, 0.29) is 18.0 Å². The number of rotatable bonds is 2. The molecule has 0 saturated carbocycles. The second-order valence-corrected chi connectivity index (χ2v) is 2.94. The smallest absolute Gasteiger partial charge is 0.236 e. The van der Waals surface area contributed by atoms with Crippen LogP contribution in [-0.4, -0.2) is 11.9 Å². The molecular formula is C9H10N2O. The predicted octanol–water partition coefficient (Wildman–Crippen LogP) is 0.185. The van der Waals surface area contributed by atoms with Crippen molar-refractivity contribution in [3.8, 4) is 0 Å². The zero-order chi connectivity index (χ0) is 8.55. The summed E-state index contributed by atoms with van der Waals surface area (Å²) in [4.78, 5) is 10.7. The van der Waals surface area contributed by atoms with Gasteiger partial charge in [-0.15, -0.1) is 0 Å². The van der Waals surface area contributed by atoms with Crippen molar-refractivity contribution in [2.24, 2.45) is 5.73 Å². The molecule has 0 bridgehead atoms. The first-order valence-electron chi connectivity index (χ1n) is 3.89. The first kappa shape index (κ1) is 7.31. The van der Waals surface area contributed by atoms with Gasteiger partial charge in [-0.1, -0.05) is 30.3 Å². The van der Waals surface area contributed by atoms with Gasteiger partial charge in [-0.3, -0.25) is 10.1 Å². The van der Waals surface area contributed by atoms with Crippen molar-refractivity contribution in [3.63, 3.8) is 0 Å². The molecule has 1 saturated heterocycles. The third-order valence-corrected chi connectivity index (χ3v) is 2.05. The van der Waals surface area contributed by atoms with Gasteiger partial charge in [0.15, 0.2) is 0 Å². The highest BCUT2D eigenvalue weighted by atomic mass is 16.1. The highest BCUT2D eigenvalue weighted by Crippen LogP contribution is 2.28. The van der Waals surface area contributed by atoms with E-state index in [0.29, 0.717) is 0 Å². The Kier molecular flexibility index (Phi) is 1.59. The van der Waals surface area contributed by atoms with E-state index < -0.39 is 0 Å². The van der Waals surface area contributed by atoms with Crippen molar-refractivity contribution < 1.29 is 4.79 Å². The number of carbonyl (C=O) groups excluding carboxylic acids is 1. The van der Waals surface area contributed by atoms with Crippen LogP contribution in [-0.2, 0) is 4.79 Å². The van der Waals surface area contributed by atoms with E-state index in [1.54, 1.807) is 0 Å². The van der Waals surface area contributed by atoms with Crippen LogP contribution in [0.25, 0.3) is 0 Å². The van der Waals surface area contributed by atoms with E-state index in [0.717, 1.165) is 5.56 Å². The third kappa shape index (κ3) is 1.19. The molecule has 2 atom stereocenters. The van der Waals surface area contributed by atoms with Gasteiger partial charge in [0.2, 0.25) is 5.91 Å². The van der Waals surface area contributed by atoms with Crippen molar-refractivity contribution in [1.82, 2.24) is 5.32 Å². The monoisotopic (exact) mass is 162 g/mol. The summed E-state index contributed by atoms with van der Waals surface area (Å²) in [5.74, 6) is -0.274. The van der Waals surface area contributed by atoms with Crippen molar-refractivity contribution in [2.45, 2.75) is 12.1 Å². The number of primary amides is 1. The molecule has 0 spiro atoms. The molecule has 12 heavy (non-hydrogen) atoms. The van der Waals surface area contributed by atoms with Gasteiger partial charge in [0.05, 0.1) is 6.04 Å². The van der Waals surface area contributed by atoms with Crippen molar-refractivity contribution in [1.29, 1.82) is 0 Å². The molecule has 2 rings (SSSR count). The molecule has 1 aromatic rings. The van der Waals surface area contributed by atoms with Gasteiger partial charge in [0.25, 0.3) is 0 Å². The van der Waals surface area contributed by atoms with E-state index in [1.807, 2.05) is 30.3 Å². The number of benzene rings is 1. The highest BCUT2D eigenvalue weighted by Gasteiger charge is 2.41. The normalized spacial score (nSPS) is 26.7. The van der Waals surface area contributed by atoms with Crippen LogP contribution in [0.3, 0.4) is 0 Å². The molecule has 3 heteroatoms. The second kappa shape index (κ2) is 2.60. The van der Waals surface area contributed by atoms with Crippen LogP contribution < -0.4 is 11.1 Å². The van der Waals surface area contributed by atoms with Gasteiger partial charge in [-0.2, -0.15) is 0 Å². The molecule has 0 aliphatic carbocycles. The lowest BCUT2D eigenvalue weighted by atomic mass is 10.1. The maximum absolute atomic E-state index is 10.7. The first-order chi connectivity index (χ1) is 5.79. The summed E-state index contributed by atoms with van der Waals surface area (Å²) >= 11 is 0. The summed E-state index contributed by atoms with van der Waals surface area (Å²) in [5.41, 5.74) is 6.25. The molecule has 0 radical (unpaired) electrons. The van der Waals surface area contributed by atoms with Gasteiger partial charge >= 0.3 is 0 Å². The van der Waals surface area contributed by atoms with Gasteiger partial charge in [-0.05, 0) is 5.56 Å². The Hall–Kier alpha value is -1.35. The Morgan fingerprint density at radius 1 is 1.33 bits per heavy atom. The highest BCUT2D eigenvalue weighted by molar-refractivity contribution is 5.84. The Balaban J connectivity index is 2.11. The average Bonchev–Trinajstić information content (AvgIpc) is 2.84. The molecule has 1 heterocycles. The van der Waals surface area contributed by atoms with E-state index >= 15 is 0 Å². The topological polar surface area (TPSA) is 65.0 Å². The van der Waals surface area contributed by atoms with Crippen molar-refractivity contribution in [3.05, 3.63) is 35.9 Å². The molecule has 1 aliphatic rings. The molecule has 1 amide bonds. The number of nitrogens with one attached hydrogen (secondary N) is 1. The maximum atomic E-state index is 10.7. The van der Waals surface area contributed by atoms with Crippen LogP contribution in [0, 0.1) is 0 Å². The van der Waals surface area contributed by atoms with Crippen molar-refractivity contribution >= 4 is 5.91 Å². The lowest BCUT2D eigenvalue weighted by molar-refractivity contribution is -0.117. The van der Waals surface area contributed by atoms with Crippen LogP contribution in [0.5, 0.6) is 0 Å². The number of nitrogens with two attached hydrogens (primary N) is 1. The van der Waals surface area contributed by atoms with E-state index in [9.17, 15) is 4.79 Å². The standard InChI is InChI=1S/C9H10N2O/c10-9(12)8-7(11-8)6-4-2-1-3-5-6/h1-5,7-8,11H,(H2,10,12)/t7-,8+/m1/s1. The van der Waals surface area contributed by atoms with E-state index in [4.69, 9.17) is 5.73 Å². The number of hydrogen-bond donors (Lipinski definition) is 2. The number of carbonyl (C=O) groups is 1. The summed E-state index contributed by atoms with van der Waals surface area (Å²) in [6, 6.07) is 9.81. The summed E-state index contributed by atoms with van der Waals surface area (Å²) in [6.45, 7) is 0. The molecule has 1 fully saturated rings. The average molecular weight is 162 g/mol. The number of amides is 1. The van der Waals surface area contributed by atoms with Crippen LogP contribution in [0.2, 0.25) is 0 Å². The van der Waals surface area contributed by atoms with Gasteiger partial charge < -0.3 is 5.73 Å². The fraction of sp³-hybridized carbons (Fsp3) is 0.222. The van der Waals surface area contributed by atoms with Crippen LogP contribution >= 0.6 is 0 Å². The fourth-order valence-corrected chi connectivity index (χ4v) is 1.33. The Morgan fingerprint density at radius 2 is 2.00 bits per heavy atom. The quantitative estimate of drug-likeness (QED) is 0.609.